The van der Waals surface area contributed by atoms with Gasteiger partial charge in [0.25, 0.3) is 0 Å². The molecule has 0 fully saturated rings. The van der Waals surface area contributed by atoms with E-state index in [1.54, 1.807) is 0 Å². The van der Waals surface area contributed by atoms with E-state index in [0.717, 1.165) is 21.2 Å². The molecule has 1 nitrogen and oxygen atoms in total. The van der Waals surface area contributed by atoms with Crippen molar-refractivity contribution in [3.63, 3.8) is 0 Å². The van der Waals surface area contributed by atoms with Crippen LogP contribution in [0.25, 0.3) is 0 Å². The SMILES string of the molecule is Cc1ccc(Br)cc1C(=O)c1ccccc1. The van der Waals surface area contributed by atoms with Gasteiger partial charge in [0.2, 0.25) is 0 Å². The first kappa shape index (κ1) is 11.1. The second kappa shape index (κ2) is 4.62. The van der Waals surface area contributed by atoms with Crippen molar-refractivity contribution in [3.05, 3.63) is 69.7 Å². The highest BCUT2D eigenvalue weighted by Crippen LogP contribution is 2.19. The Morgan fingerprint density at radius 2 is 1.75 bits per heavy atom. The van der Waals surface area contributed by atoms with Crippen molar-refractivity contribution in [2.75, 3.05) is 0 Å². The summed E-state index contributed by atoms with van der Waals surface area (Å²) in [5, 5.41) is 0. The molecule has 0 saturated heterocycles. The van der Waals surface area contributed by atoms with Crippen LogP contribution in [0, 0.1) is 6.92 Å². The third-order valence-electron chi connectivity index (χ3n) is 2.48. The molecule has 0 aliphatic rings. The maximum atomic E-state index is 12.2. The molecule has 0 atom stereocenters. The standard InChI is InChI=1S/C14H11BrO/c1-10-7-8-12(15)9-13(10)14(16)11-5-3-2-4-6-11/h2-9H,1H3. The normalized spacial score (nSPS) is 10.1. The molecule has 0 saturated carbocycles. The fraction of sp³-hybridized carbons (Fsp3) is 0.0714. The van der Waals surface area contributed by atoms with E-state index >= 15 is 0 Å². The minimum atomic E-state index is 0.0689. The molecule has 0 aromatic heterocycles. The Hall–Kier alpha value is -1.41. The predicted molar refractivity (Wildman–Crippen MR) is 68.8 cm³/mol. The summed E-state index contributed by atoms with van der Waals surface area (Å²) in [6, 6.07) is 15.1. The second-order valence-electron chi connectivity index (χ2n) is 3.65. The molecule has 0 radical (unpaired) electrons. The van der Waals surface area contributed by atoms with Gasteiger partial charge in [0, 0.05) is 15.6 Å². The van der Waals surface area contributed by atoms with Crippen LogP contribution < -0.4 is 0 Å². The highest BCUT2D eigenvalue weighted by atomic mass is 79.9. The van der Waals surface area contributed by atoms with E-state index < -0.39 is 0 Å². The number of hydrogen-bond donors (Lipinski definition) is 0. The Labute approximate surface area is 103 Å². The van der Waals surface area contributed by atoms with Gasteiger partial charge in [-0.2, -0.15) is 0 Å². The lowest BCUT2D eigenvalue weighted by molar-refractivity contribution is 0.103. The fourth-order valence-corrected chi connectivity index (χ4v) is 1.94. The van der Waals surface area contributed by atoms with Crippen LogP contribution in [0.2, 0.25) is 0 Å². The van der Waals surface area contributed by atoms with Gasteiger partial charge in [0.1, 0.15) is 0 Å². The Kier molecular flexibility index (Phi) is 3.20. The number of hydrogen-bond acceptors (Lipinski definition) is 1. The number of benzene rings is 2. The van der Waals surface area contributed by atoms with E-state index in [4.69, 9.17) is 0 Å². The summed E-state index contributed by atoms with van der Waals surface area (Å²) >= 11 is 3.38. The molecule has 0 spiro atoms. The van der Waals surface area contributed by atoms with E-state index in [2.05, 4.69) is 15.9 Å². The van der Waals surface area contributed by atoms with Crippen molar-refractivity contribution >= 4 is 21.7 Å². The number of ketones is 1. The van der Waals surface area contributed by atoms with Gasteiger partial charge in [0.15, 0.2) is 5.78 Å². The van der Waals surface area contributed by atoms with Crippen molar-refractivity contribution in [2.24, 2.45) is 0 Å². The van der Waals surface area contributed by atoms with Gasteiger partial charge in [-0.1, -0.05) is 52.3 Å². The highest BCUT2D eigenvalue weighted by Gasteiger charge is 2.11. The first-order valence-corrected chi connectivity index (χ1v) is 5.83. The Morgan fingerprint density at radius 3 is 2.44 bits per heavy atom. The van der Waals surface area contributed by atoms with Crippen LogP contribution in [-0.4, -0.2) is 5.78 Å². The molecule has 80 valence electrons. The van der Waals surface area contributed by atoms with E-state index in [0.29, 0.717) is 0 Å². The van der Waals surface area contributed by atoms with Gasteiger partial charge in [-0.15, -0.1) is 0 Å². The highest BCUT2D eigenvalue weighted by molar-refractivity contribution is 9.10. The first-order valence-electron chi connectivity index (χ1n) is 5.04. The molecule has 0 bridgehead atoms. The monoisotopic (exact) mass is 274 g/mol. The van der Waals surface area contributed by atoms with Gasteiger partial charge in [-0.05, 0) is 24.6 Å². The van der Waals surface area contributed by atoms with E-state index in [1.165, 1.54) is 0 Å². The number of halogens is 1. The third kappa shape index (κ3) is 2.22. The Balaban J connectivity index is 2.46. The van der Waals surface area contributed by atoms with Crippen LogP contribution in [0.1, 0.15) is 21.5 Å². The number of carbonyl (C=O) groups excluding carboxylic acids is 1. The maximum absolute atomic E-state index is 12.2. The van der Waals surface area contributed by atoms with E-state index in [1.807, 2.05) is 55.5 Å². The summed E-state index contributed by atoms with van der Waals surface area (Å²) < 4.78 is 0.928. The van der Waals surface area contributed by atoms with Gasteiger partial charge >= 0.3 is 0 Å². The average Bonchev–Trinajstić information content (AvgIpc) is 2.32. The molecule has 2 aromatic rings. The van der Waals surface area contributed by atoms with Crippen molar-refractivity contribution in [2.45, 2.75) is 6.92 Å². The minimum absolute atomic E-state index is 0.0689. The molecule has 2 aromatic carbocycles. The molecule has 2 rings (SSSR count). The third-order valence-corrected chi connectivity index (χ3v) is 2.97. The molecular formula is C14H11BrO. The van der Waals surface area contributed by atoms with Crippen molar-refractivity contribution in [3.8, 4) is 0 Å². The van der Waals surface area contributed by atoms with Gasteiger partial charge in [-0.3, -0.25) is 4.79 Å². The quantitative estimate of drug-likeness (QED) is 0.757. The zero-order chi connectivity index (χ0) is 11.5. The Morgan fingerprint density at radius 1 is 1.06 bits per heavy atom. The van der Waals surface area contributed by atoms with Crippen LogP contribution in [0.4, 0.5) is 0 Å². The smallest absolute Gasteiger partial charge is 0.193 e. The fourth-order valence-electron chi connectivity index (χ4n) is 1.58. The van der Waals surface area contributed by atoms with Gasteiger partial charge in [-0.25, -0.2) is 0 Å². The lowest BCUT2D eigenvalue weighted by Crippen LogP contribution is -2.03. The zero-order valence-electron chi connectivity index (χ0n) is 8.91. The van der Waals surface area contributed by atoms with E-state index in [9.17, 15) is 4.79 Å². The molecule has 16 heavy (non-hydrogen) atoms. The zero-order valence-corrected chi connectivity index (χ0v) is 10.5. The number of rotatable bonds is 2. The van der Waals surface area contributed by atoms with Crippen LogP contribution >= 0.6 is 15.9 Å². The Bertz CT molecular complexity index is 518. The first-order chi connectivity index (χ1) is 7.68. The minimum Gasteiger partial charge on any atom is -0.289 e. The van der Waals surface area contributed by atoms with Crippen LogP contribution in [0.15, 0.2) is 53.0 Å². The molecule has 0 aliphatic heterocycles. The van der Waals surface area contributed by atoms with Crippen molar-refractivity contribution in [1.29, 1.82) is 0 Å². The van der Waals surface area contributed by atoms with Gasteiger partial charge in [0.05, 0.1) is 0 Å². The number of carbonyl (C=O) groups is 1. The average molecular weight is 275 g/mol. The molecule has 2 heteroatoms. The predicted octanol–water partition coefficient (Wildman–Crippen LogP) is 3.99. The summed E-state index contributed by atoms with van der Waals surface area (Å²) in [6.45, 7) is 1.95. The largest absolute Gasteiger partial charge is 0.289 e. The summed E-state index contributed by atoms with van der Waals surface area (Å²) in [4.78, 5) is 12.2. The van der Waals surface area contributed by atoms with Crippen molar-refractivity contribution < 1.29 is 4.79 Å². The van der Waals surface area contributed by atoms with Crippen LogP contribution in [0.5, 0.6) is 0 Å². The number of aryl methyl sites for hydroxylation is 1. The summed E-state index contributed by atoms with van der Waals surface area (Å²) in [7, 11) is 0. The summed E-state index contributed by atoms with van der Waals surface area (Å²) in [5.41, 5.74) is 2.47. The molecule has 0 N–H and O–H groups in total. The lowest BCUT2D eigenvalue weighted by atomic mass is 9.99. The molecule has 0 unspecified atom stereocenters. The summed E-state index contributed by atoms with van der Waals surface area (Å²) in [6.07, 6.45) is 0. The molecular weight excluding hydrogens is 264 g/mol. The molecule has 0 amide bonds. The summed E-state index contributed by atoms with van der Waals surface area (Å²) in [5.74, 6) is 0.0689. The molecule has 0 heterocycles. The second-order valence-corrected chi connectivity index (χ2v) is 4.57. The van der Waals surface area contributed by atoms with Crippen LogP contribution in [-0.2, 0) is 0 Å². The van der Waals surface area contributed by atoms with Gasteiger partial charge < -0.3 is 0 Å². The van der Waals surface area contributed by atoms with E-state index in [-0.39, 0.29) is 5.78 Å². The van der Waals surface area contributed by atoms with Crippen LogP contribution in [0.3, 0.4) is 0 Å². The lowest BCUT2D eigenvalue weighted by Gasteiger charge is -2.05. The molecule has 0 aliphatic carbocycles. The van der Waals surface area contributed by atoms with Crippen molar-refractivity contribution in [1.82, 2.24) is 0 Å². The maximum Gasteiger partial charge on any atom is 0.193 e. The topological polar surface area (TPSA) is 17.1 Å².